The van der Waals surface area contributed by atoms with Gasteiger partial charge in [0.1, 0.15) is 6.07 Å². The molecule has 0 unspecified atom stereocenters. The lowest BCUT2D eigenvalue weighted by Gasteiger charge is -2.45. The maximum atomic E-state index is 12.8. The predicted molar refractivity (Wildman–Crippen MR) is 120 cm³/mol. The van der Waals surface area contributed by atoms with E-state index in [4.69, 9.17) is 5.10 Å². The fourth-order valence-electron chi connectivity index (χ4n) is 5.64. The monoisotopic (exact) mass is 407 g/mol. The second-order valence-corrected chi connectivity index (χ2v) is 8.94. The number of ketones is 1. The maximum absolute atomic E-state index is 12.8. The van der Waals surface area contributed by atoms with Gasteiger partial charge in [-0.3, -0.25) is 9.48 Å². The summed E-state index contributed by atoms with van der Waals surface area (Å²) in [6.07, 6.45) is 3.74. The lowest BCUT2D eigenvalue weighted by Crippen LogP contribution is -2.46. The first-order valence-electron chi connectivity index (χ1n) is 10.9. The smallest absolute Gasteiger partial charge is 0.176 e. The van der Waals surface area contributed by atoms with Gasteiger partial charge in [0.05, 0.1) is 23.5 Å². The van der Waals surface area contributed by atoms with Gasteiger partial charge < -0.3 is 0 Å². The molecule has 0 spiro atoms. The predicted octanol–water partition coefficient (Wildman–Crippen LogP) is 5.09. The molecule has 3 atom stereocenters. The van der Waals surface area contributed by atoms with Crippen molar-refractivity contribution < 1.29 is 4.79 Å². The van der Waals surface area contributed by atoms with Crippen LogP contribution in [-0.4, -0.2) is 15.6 Å². The summed E-state index contributed by atoms with van der Waals surface area (Å²) in [6.45, 7) is 4.83. The fraction of sp³-hybridized carbons (Fsp3) is 0.296. The lowest BCUT2D eigenvalue weighted by atomic mass is 9.57. The number of Topliss-reactive ketones (excluding diaryl/α,β-unsaturated/α-hetero) is 1. The van der Waals surface area contributed by atoms with Crippen molar-refractivity contribution in [1.82, 2.24) is 9.78 Å². The minimum atomic E-state index is -0.402. The van der Waals surface area contributed by atoms with Crippen LogP contribution in [0.25, 0.3) is 11.3 Å². The quantitative estimate of drug-likeness (QED) is 0.608. The number of nitriles is 1. The van der Waals surface area contributed by atoms with Crippen LogP contribution in [0.3, 0.4) is 0 Å². The number of hydrogen-bond acceptors (Lipinski definition) is 3. The molecule has 0 amide bonds. The molecule has 31 heavy (non-hydrogen) atoms. The average Bonchev–Trinajstić information content (AvgIpc) is 3.17. The molecule has 1 heterocycles. The summed E-state index contributed by atoms with van der Waals surface area (Å²) in [6, 6.07) is 22.8. The lowest BCUT2D eigenvalue weighted by molar-refractivity contribution is -0.121. The van der Waals surface area contributed by atoms with Crippen LogP contribution < -0.4 is 0 Å². The summed E-state index contributed by atoms with van der Waals surface area (Å²) in [5, 5.41) is 14.8. The molecule has 154 valence electrons. The normalized spacial score (nSPS) is 24.7. The molecule has 3 aromatic rings. The van der Waals surface area contributed by atoms with Gasteiger partial charge in [-0.15, -0.1) is 0 Å². The Labute approximate surface area is 182 Å². The highest BCUT2D eigenvalue weighted by Gasteiger charge is 2.50. The van der Waals surface area contributed by atoms with Gasteiger partial charge in [0, 0.05) is 22.5 Å². The Kier molecular flexibility index (Phi) is 4.63. The number of rotatable bonds is 3. The zero-order chi connectivity index (χ0) is 21.6. The second kappa shape index (κ2) is 7.35. The molecule has 4 nitrogen and oxygen atoms in total. The molecule has 2 aliphatic carbocycles. The largest absolute Gasteiger partial charge is 0.293 e. The van der Waals surface area contributed by atoms with Crippen molar-refractivity contribution in [1.29, 1.82) is 5.26 Å². The highest BCUT2D eigenvalue weighted by atomic mass is 16.1. The highest BCUT2D eigenvalue weighted by Crippen LogP contribution is 2.51. The van der Waals surface area contributed by atoms with Gasteiger partial charge in [0.2, 0.25) is 0 Å². The fourth-order valence-corrected chi connectivity index (χ4v) is 5.64. The van der Waals surface area contributed by atoms with Gasteiger partial charge in [-0.2, -0.15) is 10.4 Å². The van der Waals surface area contributed by atoms with Crippen molar-refractivity contribution in [2.45, 2.75) is 38.6 Å². The zero-order valence-electron chi connectivity index (χ0n) is 17.9. The molecule has 0 aliphatic heterocycles. The molecule has 4 heteroatoms. The minimum Gasteiger partial charge on any atom is -0.293 e. The number of carbonyl (C=O) groups excluding carboxylic acids is 1. The van der Waals surface area contributed by atoms with E-state index in [0.29, 0.717) is 6.54 Å². The number of fused-ring (bicyclic) bond motifs is 3. The van der Waals surface area contributed by atoms with Crippen LogP contribution in [-0.2, 0) is 23.2 Å². The average molecular weight is 408 g/mol. The molecule has 2 aromatic carbocycles. The van der Waals surface area contributed by atoms with Gasteiger partial charge in [-0.1, -0.05) is 80.6 Å². The molecule has 0 saturated carbocycles. The standard InChI is InChI=1S/C27H25N3O/c1-18-23-14-13-22-24(20-11-7-4-8-12-20)29-30(17-19-9-5-3-6-10-19)26(22)27(23,2)15-21(16-28)25(18)31/h3-12,15,18,23H,13-14,17H2,1-2H3/t18-,23-,27-/m1/s1. The van der Waals surface area contributed by atoms with Gasteiger partial charge in [0.15, 0.2) is 5.78 Å². The van der Waals surface area contributed by atoms with Crippen LogP contribution in [0.1, 0.15) is 37.1 Å². The first-order valence-corrected chi connectivity index (χ1v) is 10.9. The minimum absolute atomic E-state index is 0.0224. The van der Waals surface area contributed by atoms with Crippen molar-refractivity contribution in [3.63, 3.8) is 0 Å². The topological polar surface area (TPSA) is 58.7 Å². The Morgan fingerprint density at radius 1 is 1.13 bits per heavy atom. The Morgan fingerprint density at radius 3 is 2.48 bits per heavy atom. The Morgan fingerprint density at radius 2 is 1.81 bits per heavy atom. The van der Waals surface area contributed by atoms with E-state index in [2.05, 4.69) is 41.9 Å². The maximum Gasteiger partial charge on any atom is 0.176 e. The van der Waals surface area contributed by atoms with Crippen LogP contribution >= 0.6 is 0 Å². The summed E-state index contributed by atoms with van der Waals surface area (Å²) in [5.74, 6) is -0.0247. The van der Waals surface area contributed by atoms with Crippen molar-refractivity contribution in [2.24, 2.45) is 11.8 Å². The third-order valence-corrected chi connectivity index (χ3v) is 7.11. The Hall–Kier alpha value is -3.45. The zero-order valence-corrected chi connectivity index (χ0v) is 17.9. The molecule has 0 saturated heterocycles. The summed E-state index contributed by atoms with van der Waals surface area (Å²) in [5.41, 5.74) is 5.59. The highest BCUT2D eigenvalue weighted by molar-refractivity contribution is 6.02. The van der Waals surface area contributed by atoms with E-state index in [-0.39, 0.29) is 23.2 Å². The van der Waals surface area contributed by atoms with Gasteiger partial charge in [-0.25, -0.2) is 0 Å². The number of benzene rings is 2. The number of allylic oxidation sites excluding steroid dienone is 2. The number of aromatic nitrogens is 2. The first-order chi connectivity index (χ1) is 15.0. The van der Waals surface area contributed by atoms with Crippen LogP contribution in [0.4, 0.5) is 0 Å². The number of nitrogens with zero attached hydrogens (tertiary/aromatic N) is 3. The van der Waals surface area contributed by atoms with Gasteiger partial charge >= 0.3 is 0 Å². The van der Waals surface area contributed by atoms with E-state index in [9.17, 15) is 10.1 Å². The Balaban J connectivity index is 1.75. The van der Waals surface area contributed by atoms with E-state index >= 15 is 0 Å². The van der Waals surface area contributed by atoms with Crippen molar-refractivity contribution in [3.05, 3.63) is 89.1 Å². The molecular weight excluding hydrogens is 382 g/mol. The summed E-state index contributed by atoms with van der Waals surface area (Å²) in [7, 11) is 0. The molecule has 0 fully saturated rings. The van der Waals surface area contributed by atoms with Gasteiger partial charge in [0.25, 0.3) is 0 Å². The molecule has 2 aliphatic rings. The van der Waals surface area contributed by atoms with Crippen molar-refractivity contribution in [3.8, 4) is 17.3 Å². The molecular formula is C27H25N3O. The molecule has 5 rings (SSSR count). The van der Waals surface area contributed by atoms with E-state index in [1.807, 2.05) is 49.4 Å². The van der Waals surface area contributed by atoms with E-state index in [1.165, 1.54) is 11.1 Å². The van der Waals surface area contributed by atoms with Crippen molar-refractivity contribution >= 4 is 5.78 Å². The summed E-state index contributed by atoms with van der Waals surface area (Å²) < 4.78 is 2.12. The molecule has 0 bridgehead atoms. The third kappa shape index (κ3) is 3.04. The van der Waals surface area contributed by atoms with E-state index in [0.717, 1.165) is 29.8 Å². The van der Waals surface area contributed by atoms with Crippen LogP contribution in [0.15, 0.2) is 72.3 Å². The number of carbonyl (C=O) groups is 1. The van der Waals surface area contributed by atoms with E-state index < -0.39 is 5.41 Å². The molecule has 1 aromatic heterocycles. The summed E-state index contributed by atoms with van der Waals surface area (Å²) in [4.78, 5) is 12.8. The van der Waals surface area contributed by atoms with Gasteiger partial charge in [-0.05, 0) is 24.3 Å². The third-order valence-electron chi connectivity index (χ3n) is 7.11. The van der Waals surface area contributed by atoms with Crippen molar-refractivity contribution in [2.75, 3.05) is 0 Å². The second-order valence-electron chi connectivity index (χ2n) is 8.94. The van der Waals surface area contributed by atoms with Crippen LogP contribution in [0.5, 0.6) is 0 Å². The Bertz CT molecular complexity index is 1220. The number of hydrogen-bond donors (Lipinski definition) is 0. The SMILES string of the molecule is C[C@H]1C(=O)C(C#N)=C[C@@]2(C)c3c(c(-c4ccccc4)nn3Cc3ccccc3)CC[C@H]12. The first kappa shape index (κ1) is 19.5. The van der Waals surface area contributed by atoms with E-state index in [1.54, 1.807) is 0 Å². The molecule has 0 N–H and O–H groups in total. The van der Waals surface area contributed by atoms with Crippen LogP contribution in [0.2, 0.25) is 0 Å². The summed E-state index contributed by atoms with van der Waals surface area (Å²) >= 11 is 0. The molecule has 0 radical (unpaired) electrons. The van der Waals surface area contributed by atoms with Crippen LogP contribution in [0, 0.1) is 23.2 Å².